The van der Waals surface area contributed by atoms with Gasteiger partial charge in [0.15, 0.2) is 0 Å². The number of rotatable bonds is 6. The van der Waals surface area contributed by atoms with E-state index in [1.54, 1.807) is 12.1 Å². The Bertz CT molecular complexity index is 805. The summed E-state index contributed by atoms with van der Waals surface area (Å²) in [6, 6.07) is 10.8. The van der Waals surface area contributed by atoms with E-state index < -0.39 is 10.0 Å². The number of hydrogen-bond donors (Lipinski definition) is 2. The van der Waals surface area contributed by atoms with Crippen LogP contribution in [0.15, 0.2) is 41.3 Å². The molecule has 0 aromatic heterocycles. The second-order valence-electron chi connectivity index (χ2n) is 6.10. The smallest absolute Gasteiger partial charge is 0.241 e. The van der Waals surface area contributed by atoms with Crippen LogP contribution < -0.4 is 14.8 Å². The molecular formula is C18H25ClN2O3S. The molecule has 3 rings (SSSR count). The molecule has 5 nitrogen and oxygen atoms in total. The first-order valence-corrected chi connectivity index (χ1v) is 9.95. The van der Waals surface area contributed by atoms with E-state index in [9.17, 15) is 8.42 Å². The molecule has 0 saturated carbocycles. The van der Waals surface area contributed by atoms with E-state index in [-0.39, 0.29) is 12.4 Å². The first-order chi connectivity index (χ1) is 11.6. The summed E-state index contributed by atoms with van der Waals surface area (Å²) in [5.74, 6) is 1.06. The fraction of sp³-hybridized carbons (Fsp3) is 0.444. The highest BCUT2D eigenvalue weighted by atomic mass is 35.5. The number of benzene rings is 2. The number of nitrogens with one attached hydrogen (secondary N) is 2. The van der Waals surface area contributed by atoms with Gasteiger partial charge >= 0.3 is 0 Å². The summed E-state index contributed by atoms with van der Waals surface area (Å²) in [4.78, 5) is 0.310. The molecule has 1 saturated heterocycles. The molecule has 0 bridgehead atoms. The highest BCUT2D eigenvalue weighted by molar-refractivity contribution is 7.89. The molecule has 2 N–H and O–H groups in total. The van der Waals surface area contributed by atoms with Crippen LogP contribution in [0.5, 0.6) is 5.75 Å². The van der Waals surface area contributed by atoms with Gasteiger partial charge in [-0.1, -0.05) is 24.3 Å². The first-order valence-electron chi connectivity index (χ1n) is 8.46. The SMILES string of the molecule is CCOc1ccc(S(=O)(=O)NCC2CCCNC2)c2ccccc12.Cl. The highest BCUT2D eigenvalue weighted by Crippen LogP contribution is 2.31. The summed E-state index contributed by atoms with van der Waals surface area (Å²) in [7, 11) is -3.55. The van der Waals surface area contributed by atoms with Crippen molar-refractivity contribution in [3.8, 4) is 5.75 Å². The van der Waals surface area contributed by atoms with Crippen molar-refractivity contribution in [3.05, 3.63) is 36.4 Å². The number of hydrogen-bond acceptors (Lipinski definition) is 4. The Labute approximate surface area is 155 Å². The predicted molar refractivity (Wildman–Crippen MR) is 103 cm³/mol. The quantitative estimate of drug-likeness (QED) is 0.803. The topological polar surface area (TPSA) is 67.4 Å². The minimum atomic E-state index is -3.55. The van der Waals surface area contributed by atoms with Crippen molar-refractivity contribution in [1.82, 2.24) is 10.0 Å². The Morgan fingerprint density at radius 3 is 2.64 bits per heavy atom. The van der Waals surface area contributed by atoms with Crippen molar-refractivity contribution in [2.45, 2.75) is 24.7 Å². The third-order valence-electron chi connectivity index (χ3n) is 4.39. The largest absolute Gasteiger partial charge is 0.493 e. The maximum absolute atomic E-state index is 12.8. The van der Waals surface area contributed by atoms with Gasteiger partial charge in [-0.2, -0.15) is 0 Å². The Morgan fingerprint density at radius 1 is 1.20 bits per heavy atom. The van der Waals surface area contributed by atoms with Gasteiger partial charge in [-0.3, -0.25) is 0 Å². The Balaban J connectivity index is 0.00000225. The average molecular weight is 385 g/mol. The Hall–Kier alpha value is -1.34. The number of piperidine rings is 1. The third-order valence-corrected chi connectivity index (χ3v) is 5.88. The lowest BCUT2D eigenvalue weighted by Gasteiger charge is -2.23. The molecule has 1 aliphatic heterocycles. The number of ether oxygens (including phenoxy) is 1. The lowest BCUT2D eigenvalue weighted by molar-refractivity contribution is 0.344. The molecule has 1 aliphatic rings. The van der Waals surface area contributed by atoms with Crippen molar-refractivity contribution in [1.29, 1.82) is 0 Å². The summed E-state index contributed by atoms with van der Waals surface area (Å²) in [5.41, 5.74) is 0. The van der Waals surface area contributed by atoms with Gasteiger partial charge < -0.3 is 10.1 Å². The van der Waals surface area contributed by atoms with E-state index >= 15 is 0 Å². The van der Waals surface area contributed by atoms with E-state index in [2.05, 4.69) is 10.0 Å². The zero-order valence-electron chi connectivity index (χ0n) is 14.3. The van der Waals surface area contributed by atoms with Crippen LogP contribution in [-0.2, 0) is 10.0 Å². The third kappa shape index (κ3) is 4.64. The fourth-order valence-corrected chi connectivity index (χ4v) is 4.49. The van der Waals surface area contributed by atoms with E-state index in [0.29, 0.717) is 35.1 Å². The van der Waals surface area contributed by atoms with Crippen LogP contribution in [0.4, 0.5) is 0 Å². The summed E-state index contributed by atoms with van der Waals surface area (Å²) >= 11 is 0. The van der Waals surface area contributed by atoms with Gasteiger partial charge in [-0.15, -0.1) is 12.4 Å². The van der Waals surface area contributed by atoms with E-state index in [1.807, 2.05) is 31.2 Å². The molecule has 25 heavy (non-hydrogen) atoms. The normalized spacial score (nSPS) is 17.9. The number of fused-ring (bicyclic) bond motifs is 1. The van der Waals surface area contributed by atoms with Gasteiger partial charge in [0.25, 0.3) is 0 Å². The lowest BCUT2D eigenvalue weighted by atomic mass is 10.0. The number of sulfonamides is 1. The summed E-state index contributed by atoms with van der Waals surface area (Å²) in [6.07, 6.45) is 2.15. The van der Waals surface area contributed by atoms with Gasteiger partial charge in [0.1, 0.15) is 5.75 Å². The molecule has 2 aromatic rings. The van der Waals surface area contributed by atoms with Crippen LogP contribution >= 0.6 is 12.4 Å². The highest BCUT2D eigenvalue weighted by Gasteiger charge is 2.21. The zero-order chi connectivity index (χ0) is 17.0. The molecule has 1 fully saturated rings. The first kappa shape index (κ1) is 20.0. The molecule has 138 valence electrons. The summed E-state index contributed by atoms with van der Waals surface area (Å²) in [6.45, 7) is 4.82. The summed E-state index contributed by atoms with van der Waals surface area (Å²) < 4.78 is 34.0. The minimum Gasteiger partial charge on any atom is -0.493 e. The molecule has 1 heterocycles. The number of halogens is 1. The standard InChI is InChI=1S/C18H24N2O3S.ClH/c1-2-23-17-9-10-18(16-8-4-3-7-15(16)17)24(21,22)20-13-14-6-5-11-19-12-14;/h3-4,7-10,14,19-20H,2,5-6,11-13H2,1H3;1H. The minimum absolute atomic E-state index is 0. The van der Waals surface area contributed by atoms with Gasteiger partial charge in [0.2, 0.25) is 10.0 Å². The van der Waals surface area contributed by atoms with Gasteiger partial charge in [-0.05, 0) is 50.9 Å². The van der Waals surface area contributed by atoms with Crippen LogP contribution in [0.2, 0.25) is 0 Å². The second kappa shape index (κ2) is 8.85. The van der Waals surface area contributed by atoms with E-state index in [1.165, 1.54) is 0 Å². The van der Waals surface area contributed by atoms with Gasteiger partial charge in [-0.25, -0.2) is 13.1 Å². The van der Waals surface area contributed by atoms with E-state index in [4.69, 9.17) is 4.74 Å². The van der Waals surface area contributed by atoms with Crippen molar-refractivity contribution < 1.29 is 13.2 Å². The van der Waals surface area contributed by atoms with Crippen molar-refractivity contribution in [3.63, 3.8) is 0 Å². The Morgan fingerprint density at radius 2 is 1.96 bits per heavy atom. The van der Waals surface area contributed by atoms with Crippen molar-refractivity contribution in [2.24, 2.45) is 5.92 Å². The fourth-order valence-electron chi connectivity index (χ4n) is 3.16. The summed E-state index contributed by atoms with van der Waals surface area (Å²) in [5, 5.41) is 4.82. The predicted octanol–water partition coefficient (Wildman–Crippen LogP) is 2.94. The molecule has 1 unspecified atom stereocenters. The maximum Gasteiger partial charge on any atom is 0.241 e. The van der Waals surface area contributed by atoms with Crippen molar-refractivity contribution >= 4 is 33.2 Å². The maximum atomic E-state index is 12.8. The van der Waals surface area contributed by atoms with Crippen LogP contribution in [0, 0.1) is 5.92 Å². The molecule has 2 aromatic carbocycles. The monoisotopic (exact) mass is 384 g/mol. The van der Waals surface area contributed by atoms with Crippen LogP contribution in [-0.4, -0.2) is 34.7 Å². The zero-order valence-corrected chi connectivity index (χ0v) is 16.0. The molecular weight excluding hydrogens is 360 g/mol. The van der Waals surface area contributed by atoms with Gasteiger partial charge in [0, 0.05) is 17.3 Å². The Kier molecular flexibility index (Phi) is 7.07. The molecule has 7 heteroatoms. The molecule has 0 spiro atoms. The van der Waals surface area contributed by atoms with Crippen LogP contribution in [0.1, 0.15) is 19.8 Å². The molecule has 0 amide bonds. The second-order valence-corrected chi connectivity index (χ2v) is 7.84. The van der Waals surface area contributed by atoms with Crippen LogP contribution in [0.3, 0.4) is 0 Å². The molecule has 0 aliphatic carbocycles. The average Bonchev–Trinajstić information content (AvgIpc) is 2.61. The molecule has 1 atom stereocenters. The van der Waals surface area contributed by atoms with E-state index in [0.717, 1.165) is 31.3 Å². The molecule has 0 radical (unpaired) electrons. The van der Waals surface area contributed by atoms with Crippen molar-refractivity contribution in [2.75, 3.05) is 26.2 Å². The van der Waals surface area contributed by atoms with Crippen LogP contribution in [0.25, 0.3) is 10.8 Å². The van der Waals surface area contributed by atoms with Gasteiger partial charge in [0.05, 0.1) is 11.5 Å². The lowest BCUT2D eigenvalue weighted by Crippen LogP contribution is -2.38.